The predicted molar refractivity (Wildman–Crippen MR) is 65.0 cm³/mol. The van der Waals surface area contributed by atoms with Crippen LogP contribution in [0.4, 0.5) is 0 Å². The summed E-state index contributed by atoms with van der Waals surface area (Å²) in [7, 11) is 0. The maximum Gasteiger partial charge on any atom is 0.300 e. The lowest BCUT2D eigenvalue weighted by atomic mass is 10.1. The van der Waals surface area contributed by atoms with Gasteiger partial charge < -0.3 is 10.8 Å². The Hall–Kier alpha value is -0.570. The first-order chi connectivity index (χ1) is 7.04. The maximum atomic E-state index is 9.00. The molecule has 0 aromatic carbocycles. The Morgan fingerprint density at radius 1 is 1.20 bits per heavy atom. The van der Waals surface area contributed by atoms with Crippen LogP contribution in [0.1, 0.15) is 65.7 Å². The molecule has 0 amide bonds. The smallest absolute Gasteiger partial charge is 0.300 e. The van der Waals surface area contributed by atoms with E-state index in [1.807, 2.05) is 0 Å². The van der Waals surface area contributed by atoms with Crippen LogP contribution in [0, 0.1) is 0 Å². The molecule has 92 valence electrons. The maximum absolute atomic E-state index is 9.00. The Morgan fingerprint density at radius 2 is 1.67 bits per heavy atom. The first-order valence-electron chi connectivity index (χ1n) is 5.99. The molecule has 0 rings (SSSR count). The second kappa shape index (κ2) is 13.4. The highest BCUT2D eigenvalue weighted by Gasteiger charge is 1.97. The fourth-order valence-corrected chi connectivity index (χ4v) is 1.21. The van der Waals surface area contributed by atoms with E-state index in [9.17, 15) is 0 Å². The Kier molecular flexibility index (Phi) is 15.1. The summed E-state index contributed by atoms with van der Waals surface area (Å²) in [6, 6.07) is 0.455. The minimum Gasteiger partial charge on any atom is -0.481 e. The lowest BCUT2D eigenvalue weighted by Crippen LogP contribution is -2.17. The molecule has 0 aliphatic carbocycles. The largest absolute Gasteiger partial charge is 0.481 e. The van der Waals surface area contributed by atoms with Crippen LogP contribution in [-0.4, -0.2) is 17.1 Å². The zero-order valence-corrected chi connectivity index (χ0v) is 10.5. The van der Waals surface area contributed by atoms with Crippen LogP contribution in [-0.2, 0) is 4.79 Å². The Morgan fingerprint density at radius 3 is 2.07 bits per heavy atom. The number of hydrogen-bond acceptors (Lipinski definition) is 2. The molecule has 3 N–H and O–H groups in total. The molecule has 0 radical (unpaired) electrons. The highest BCUT2D eigenvalue weighted by atomic mass is 16.4. The molecule has 0 fully saturated rings. The van der Waals surface area contributed by atoms with E-state index in [1.165, 1.54) is 38.5 Å². The molecule has 1 unspecified atom stereocenters. The van der Waals surface area contributed by atoms with E-state index < -0.39 is 5.97 Å². The summed E-state index contributed by atoms with van der Waals surface area (Å²) in [4.78, 5) is 9.00. The predicted octanol–water partition coefficient (Wildman–Crippen LogP) is 3.18. The number of unbranched alkanes of at least 4 members (excludes halogenated alkanes) is 4. The van der Waals surface area contributed by atoms with Crippen molar-refractivity contribution in [3.05, 3.63) is 0 Å². The minimum atomic E-state index is -0.833. The number of hydrogen-bond donors (Lipinski definition) is 2. The van der Waals surface area contributed by atoms with Gasteiger partial charge >= 0.3 is 0 Å². The molecule has 1 atom stereocenters. The Labute approximate surface area is 94.1 Å². The first-order valence-corrected chi connectivity index (χ1v) is 5.99. The molecular formula is C12H27NO2. The van der Waals surface area contributed by atoms with E-state index >= 15 is 0 Å². The van der Waals surface area contributed by atoms with Crippen LogP contribution in [0.5, 0.6) is 0 Å². The lowest BCUT2D eigenvalue weighted by Gasteiger charge is -2.06. The van der Waals surface area contributed by atoms with Gasteiger partial charge in [0.1, 0.15) is 0 Å². The molecule has 0 aliphatic heterocycles. The summed E-state index contributed by atoms with van der Waals surface area (Å²) < 4.78 is 0. The van der Waals surface area contributed by atoms with Gasteiger partial charge in [-0.05, 0) is 12.8 Å². The number of rotatable bonds is 7. The molecule has 0 aliphatic rings. The van der Waals surface area contributed by atoms with Crippen molar-refractivity contribution in [2.24, 2.45) is 5.73 Å². The van der Waals surface area contributed by atoms with E-state index in [-0.39, 0.29) is 0 Å². The topological polar surface area (TPSA) is 63.3 Å². The van der Waals surface area contributed by atoms with Crippen molar-refractivity contribution in [1.82, 2.24) is 0 Å². The minimum absolute atomic E-state index is 0.455. The summed E-state index contributed by atoms with van der Waals surface area (Å²) in [6.07, 6.45) is 9.18. The molecular weight excluding hydrogens is 190 g/mol. The van der Waals surface area contributed by atoms with E-state index in [0.29, 0.717) is 6.04 Å². The molecule has 0 spiro atoms. The second-order valence-electron chi connectivity index (χ2n) is 3.89. The molecule has 0 aromatic rings. The van der Waals surface area contributed by atoms with Crippen LogP contribution in [0.15, 0.2) is 0 Å². The molecule has 0 heterocycles. The van der Waals surface area contributed by atoms with Gasteiger partial charge in [0.15, 0.2) is 0 Å². The summed E-state index contributed by atoms with van der Waals surface area (Å²) in [5, 5.41) is 7.42. The second-order valence-corrected chi connectivity index (χ2v) is 3.89. The Balaban J connectivity index is 0. The van der Waals surface area contributed by atoms with Gasteiger partial charge in [-0.1, -0.05) is 46.0 Å². The van der Waals surface area contributed by atoms with Gasteiger partial charge in [0.2, 0.25) is 0 Å². The quantitative estimate of drug-likeness (QED) is 0.644. The number of carboxylic acid groups (broad SMARTS) is 1. The normalized spacial score (nSPS) is 11.5. The summed E-state index contributed by atoms with van der Waals surface area (Å²) >= 11 is 0. The molecule has 0 bridgehead atoms. The van der Waals surface area contributed by atoms with Gasteiger partial charge in [-0.2, -0.15) is 0 Å². The molecule has 0 saturated carbocycles. The zero-order chi connectivity index (χ0) is 12.1. The van der Waals surface area contributed by atoms with Crippen LogP contribution >= 0.6 is 0 Å². The average Bonchev–Trinajstić information content (AvgIpc) is 2.16. The van der Waals surface area contributed by atoms with Crippen LogP contribution < -0.4 is 5.73 Å². The standard InChI is InChI=1S/C10H23N.C2H4O2/c1-3-5-6-7-8-9-10(11)4-2;1-2(3)4/h10H,3-9,11H2,1-2H3;1H3,(H,3,4). The highest BCUT2D eigenvalue weighted by molar-refractivity contribution is 5.62. The lowest BCUT2D eigenvalue weighted by molar-refractivity contribution is -0.134. The van der Waals surface area contributed by atoms with Gasteiger partial charge in [0, 0.05) is 13.0 Å². The Bertz CT molecular complexity index is 134. The number of carboxylic acids is 1. The van der Waals surface area contributed by atoms with Crippen molar-refractivity contribution in [3.63, 3.8) is 0 Å². The SMILES string of the molecule is CC(=O)O.CCCCCCCC(N)CC. The van der Waals surface area contributed by atoms with Crippen LogP contribution in [0.2, 0.25) is 0 Å². The highest BCUT2D eigenvalue weighted by Crippen LogP contribution is 2.07. The average molecular weight is 217 g/mol. The van der Waals surface area contributed by atoms with Crippen molar-refractivity contribution >= 4 is 5.97 Å². The van der Waals surface area contributed by atoms with Gasteiger partial charge in [-0.3, -0.25) is 4.79 Å². The zero-order valence-electron chi connectivity index (χ0n) is 10.5. The number of carbonyl (C=O) groups is 1. The summed E-state index contributed by atoms with van der Waals surface area (Å²) in [5.74, 6) is -0.833. The summed E-state index contributed by atoms with van der Waals surface area (Å²) in [6.45, 7) is 5.49. The van der Waals surface area contributed by atoms with Crippen molar-refractivity contribution < 1.29 is 9.90 Å². The van der Waals surface area contributed by atoms with Gasteiger partial charge in [0.05, 0.1) is 0 Å². The number of aliphatic carboxylic acids is 1. The molecule has 3 nitrogen and oxygen atoms in total. The van der Waals surface area contributed by atoms with E-state index in [0.717, 1.165) is 13.3 Å². The fraction of sp³-hybridized carbons (Fsp3) is 0.917. The molecule has 15 heavy (non-hydrogen) atoms. The first kappa shape index (κ1) is 16.8. The van der Waals surface area contributed by atoms with E-state index in [4.69, 9.17) is 15.6 Å². The van der Waals surface area contributed by atoms with Gasteiger partial charge in [-0.25, -0.2) is 0 Å². The van der Waals surface area contributed by atoms with Crippen molar-refractivity contribution in [2.45, 2.75) is 71.8 Å². The molecule has 0 aromatic heterocycles. The van der Waals surface area contributed by atoms with Gasteiger partial charge in [0.25, 0.3) is 5.97 Å². The van der Waals surface area contributed by atoms with Crippen LogP contribution in [0.3, 0.4) is 0 Å². The summed E-state index contributed by atoms with van der Waals surface area (Å²) in [5.41, 5.74) is 5.79. The van der Waals surface area contributed by atoms with Crippen molar-refractivity contribution in [2.75, 3.05) is 0 Å². The van der Waals surface area contributed by atoms with E-state index in [2.05, 4.69) is 13.8 Å². The third kappa shape index (κ3) is 24.7. The van der Waals surface area contributed by atoms with Gasteiger partial charge in [-0.15, -0.1) is 0 Å². The third-order valence-corrected chi connectivity index (χ3v) is 2.20. The monoisotopic (exact) mass is 217 g/mol. The molecule has 0 saturated heterocycles. The van der Waals surface area contributed by atoms with E-state index in [1.54, 1.807) is 0 Å². The fourth-order valence-electron chi connectivity index (χ4n) is 1.21. The molecule has 3 heteroatoms. The number of nitrogens with two attached hydrogens (primary N) is 1. The van der Waals surface area contributed by atoms with Crippen LogP contribution in [0.25, 0.3) is 0 Å². The van der Waals surface area contributed by atoms with Crippen molar-refractivity contribution in [3.8, 4) is 0 Å². The van der Waals surface area contributed by atoms with Crippen molar-refractivity contribution in [1.29, 1.82) is 0 Å². The third-order valence-electron chi connectivity index (χ3n) is 2.20.